The van der Waals surface area contributed by atoms with Crippen molar-refractivity contribution in [2.75, 3.05) is 48.0 Å². The molecule has 0 aliphatic carbocycles. The summed E-state index contributed by atoms with van der Waals surface area (Å²) in [6.07, 6.45) is 0. The van der Waals surface area contributed by atoms with Crippen molar-refractivity contribution in [3.8, 4) is 67.5 Å². The lowest BCUT2D eigenvalue weighted by atomic mass is 9.84. The van der Waals surface area contributed by atoms with Crippen molar-refractivity contribution in [3.63, 3.8) is 0 Å². The number of anilines is 12. The quantitative estimate of drug-likeness (QED) is 0.0700. The van der Waals surface area contributed by atoms with Crippen LogP contribution >= 0.6 is 0 Å². The zero-order chi connectivity index (χ0) is 100. The molecule has 712 valence electrons. The summed E-state index contributed by atoms with van der Waals surface area (Å²) < 4.78 is 22.7. The van der Waals surface area contributed by atoms with E-state index in [0.717, 1.165) is 168 Å². The molecule has 0 amide bonds. The van der Waals surface area contributed by atoms with Crippen molar-refractivity contribution in [2.45, 2.75) is 93.9 Å². The first-order valence-electron chi connectivity index (χ1n) is 50.6. The average molecular weight is 1890 g/mol. The molecule has 0 N–H and O–H groups in total. The summed E-state index contributed by atoms with van der Waals surface area (Å²) in [6, 6.07) is 154. The van der Waals surface area contributed by atoms with Gasteiger partial charge in [-0.05, 0) is 367 Å². The van der Waals surface area contributed by atoms with Crippen LogP contribution in [0, 0.1) is 41.5 Å². The van der Waals surface area contributed by atoms with Crippen molar-refractivity contribution >= 4 is 176 Å². The number of aryl methyl sites for hydroxylation is 6. The minimum Gasteiger partial charge on any atom is -0.497 e. The molecular weight excluding hydrogens is 1780 g/mol. The first-order valence-corrected chi connectivity index (χ1v) is 50.6. The molecule has 0 unspecified atom stereocenters. The Labute approximate surface area is 855 Å². The van der Waals surface area contributed by atoms with Crippen molar-refractivity contribution in [3.05, 3.63) is 457 Å². The van der Waals surface area contributed by atoms with Gasteiger partial charge in [0.15, 0.2) is 0 Å². The standard InChI is InChI=1S/C72H64N2O2.C66H52N2O2/c1-45-11-25-55(26-12-45)73(57-29-21-53(22-30-57)71(3,4)5)67-43-65(51-17-15-49-41-59(75-9)33-19-47(49)39-51)61-36-38-64-68(74(56-27-13-46(2)14-28-56)58-31-23-54(24-32-58)72(6,7)8)44-66(62-35-37-63(67)69(61)70(62)64)52-18-16-50-42-60(76-10)34-20-48(50)40-52;1-41-7-21-51(22-8-41)67(52-23-9-42(2)10-24-52)63-39-61(49-17-15-47-37-55(69-5)29-19-45(47)35-49)57-32-34-60-64(68(53-25-11-43(3)12-26-53)54-27-13-44(4)14-28-54)40-62(58-31-33-59(63)65(57)66(58)60)50-18-16-48-38-56(70-6)30-20-46(48)36-50/h11-44H,1-10H3;7-40H,1-6H3. The molecule has 0 aromatic heterocycles. The van der Waals surface area contributed by atoms with E-state index in [-0.39, 0.29) is 10.8 Å². The number of hydrogen-bond acceptors (Lipinski definition) is 8. The molecule has 0 heterocycles. The number of ether oxygens (including phenoxy) is 4. The summed E-state index contributed by atoms with van der Waals surface area (Å²) in [4.78, 5) is 9.85. The van der Waals surface area contributed by atoms with Gasteiger partial charge in [-0.1, -0.05) is 293 Å². The van der Waals surface area contributed by atoms with E-state index in [1.165, 1.54) is 120 Å². The van der Waals surface area contributed by atoms with E-state index in [0.29, 0.717) is 0 Å². The van der Waals surface area contributed by atoms with E-state index < -0.39 is 0 Å². The lowest BCUT2D eigenvalue weighted by Gasteiger charge is -2.31. The molecule has 0 radical (unpaired) electrons. The Bertz CT molecular complexity index is 8510. The minimum absolute atomic E-state index is 0.00188. The SMILES string of the molecule is COc1ccc2cc(-c3cc(N(c4ccc(C)cc4)c4ccc(C(C)(C)C)cc4)c4ccc5c(-c6ccc7cc(OC)ccc7c6)cc(N(c6ccc(C)cc6)c6ccc(C(C)(C)C)cc6)c6ccc3c4c56)ccc2c1.COc1ccc2cc(-c3cc(N(c4ccc(C)cc4)c4ccc(C)cc4)c4ccc5c(-c6ccc7cc(OC)ccc7c6)cc(N(c6ccc(C)cc6)c6ccc(C)cc6)c6ccc3c4c56)ccc2c1. The summed E-state index contributed by atoms with van der Waals surface area (Å²) in [5.41, 5.74) is 32.4. The maximum atomic E-state index is 5.68. The predicted octanol–water partition coefficient (Wildman–Crippen LogP) is 38.8. The van der Waals surface area contributed by atoms with Gasteiger partial charge in [-0.25, -0.2) is 0 Å². The van der Waals surface area contributed by atoms with Gasteiger partial charge in [0.1, 0.15) is 23.0 Å². The summed E-state index contributed by atoms with van der Waals surface area (Å²) in [6.45, 7) is 26.6. The Morgan fingerprint density at radius 3 is 0.507 bits per heavy atom. The number of hydrogen-bond donors (Lipinski definition) is 0. The van der Waals surface area contributed by atoms with E-state index >= 15 is 0 Å². The van der Waals surface area contributed by atoms with Crippen LogP contribution in [0.4, 0.5) is 68.2 Å². The largest absolute Gasteiger partial charge is 0.497 e. The molecule has 24 aromatic rings. The molecule has 8 nitrogen and oxygen atoms in total. The molecular formula is C138H116N4O4. The van der Waals surface area contributed by atoms with Crippen LogP contribution in [0.3, 0.4) is 0 Å². The third kappa shape index (κ3) is 17.1. The highest BCUT2D eigenvalue weighted by Crippen LogP contribution is 2.57. The van der Waals surface area contributed by atoms with Gasteiger partial charge in [-0.3, -0.25) is 0 Å². The smallest absolute Gasteiger partial charge is 0.119 e. The molecule has 0 saturated heterocycles. The van der Waals surface area contributed by atoms with E-state index in [1.54, 1.807) is 28.4 Å². The Balaban J connectivity index is 0.000000162. The van der Waals surface area contributed by atoms with Gasteiger partial charge in [0.2, 0.25) is 0 Å². The van der Waals surface area contributed by atoms with Gasteiger partial charge in [-0.15, -0.1) is 0 Å². The Kier molecular flexibility index (Phi) is 23.6. The maximum absolute atomic E-state index is 5.68. The van der Waals surface area contributed by atoms with Crippen LogP contribution in [0.15, 0.2) is 413 Å². The molecule has 24 aromatic carbocycles. The van der Waals surface area contributed by atoms with Gasteiger partial charge in [0.25, 0.3) is 0 Å². The van der Waals surface area contributed by atoms with Gasteiger partial charge in [0, 0.05) is 88.6 Å². The third-order valence-corrected chi connectivity index (χ3v) is 29.8. The minimum atomic E-state index is 0.00188. The number of nitrogens with zero attached hydrogens (tertiary/aromatic N) is 4. The topological polar surface area (TPSA) is 49.9 Å². The lowest BCUT2D eigenvalue weighted by molar-refractivity contribution is 0.415. The fourth-order valence-electron chi connectivity index (χ4n) is 21.8. The fourth-order valence-corrected chi connectivity index (χ4v) is 21.8. The van der Waals surface area contributed by atoms with Crippen molar-refractivity contribution in [1.29, 1.82) is 0 Å². The van der Waals surface area contributed by atoms with Crippen LogP contribution in [-0.4, -0.2) is 28.4 Å². The average Bonchev–Trinajstić information content (AvgIpc) is 0.703. The van der Waals surface area contributed by atoms with E-state index in [4.69, 9.17) is 18.9 Å². The van der Waals surface area contributed by atoms with Gasteiger partial charge in [0.05, 0.1) is 51.2 Å². The Hall–Kier alpha value is -17.2. The second-order valence-corrected chi connectivity index (χ2v) is 41.6. The Morgan fingerprint density at radius 1 is 0.164 bits per heavy atom. The first-order chi connectivity index (χ1) is 70.8. The lowest BCUT2D eigenvalue weighted by Crippen LogP contribution is -2.14. The predicted molar refractivity (Wildman–Crippen MR) is 623 cm³/mol. The Morgan fingerprint density at radius 2 is 0.329 bits per heavy atom. The number of methoxy groups -OCH3 is 4. The molecule has 0 atom stereocenters. The molecule has 146 heavy (non-hydrogen) atoms. The van der Waals surface area contributed by atoms with Gasteiger partial charge >= 0.3 is 0 Å². The van der Waals surface area contributed by atoms with E-state index in [9.17, 15) is 0 Å². The van der Waals surface area contributed by atoms with E-state index in [2.05, 4.69) is 515 Å². The summed E-state index contributed by atoms with van der Waals surface area (Å²) in [7, 11) is 6.92. The highest BCUT2D eigenvalue weighted by atomic mass is 16.5. The molecule has 0 saturated carbocycles. The van der Waals surface area contributed by atoms with Crippen LogP contribution in [0.2, 0.25) is 0 Å². The molecule has 0 aliphatic heterocycles. The molecule has 0 spiro atoms. The number of benzene rings is 24. The number of rotatable bonds is 20. The molecule has 24 rings (SSSR count). The van der Waals surface area contributed by atoms with Crippen LogP contribution in [0.5, 0.6) is 23.0 Å². The molecule has 0 fully saturated rings. The molecule has 8 heteroatoms. The zero-order valence-corrected chi connectivity index (χ0v) is 85.7. The second-order valence-electron chi connectivity index (χ2n) is 41.6. The zero-order valence-electron chi connectivity index (χ0n) is 85.7. The molecule has 0 bridgehead atoms. The number of fused-ring (bicyclic) bond motifs is 4. The highest BCUT2D eigenvalue weighted by molar-refractivity contribution is 6.35. The van der Waals surface area contributed by atoms with Crippen LogP contribution in [0.1, 0.15) is 86.1 Å². The van der Waals surface area contributed by atoms with Crippen molar-refractivity contribution < 1.29 is 18.9 Å². The molecule has 0 aliphatic rings. The normalized spacial score (nSPS) is 11.8. The van der Waals surface area contributed by atoms with Crippen LogP contribution < -0.4 is 38.5 Å². The highest BCUT2D eigenvalue weighted by Gasteiger charge is 2.32. The van der Waals surface area contributed by atoms with Crippen molar-refractivity contribution in [2.24, 2.45) is 0 Å². The maximum Gasteiger partial charge on any atom is 0.119 e. The third-order valence-electron chi connectivity index (χ3n) is 29.8. The van der Waals surface area contributed by atoms with Crippen LogP contribution in [-0.2, 0) is 10.8 Å². The summed E-state index contributed by atoms with van der Waals surface area (Å²) in [5.74, 6) is 3.39. The summed E-state index contributed by atoms with van der Waals surface area (Å²) >= 11 is 0. The first kappa shape index (κ1) is 92.5. The van der Waals surface area contributed by atoms with Gasteiger partial charge < -0.3 is 38.5 Å². The van der Waals surface area contributed by atoms with Gasteiger partial charge in [-0.2, -0.15) is 0 Å². The second kappa shape index (κ2) is 37.3. The van der Waals surface area contributed by atoms with Crippen molar-refractivity contribution in [1.82, 2.24) is 0 Å². The van der Waals surface area contributed by atoms with Crippen LogP contribution in [0.25, 0.3) is 152 Å². The fraction of sp³-hybridized carbons (Fsp3) is 0.130. The van der Waals surface area contributed by atoms with E-state index in [1.807, 2.05) is 0 Å². The summed E-state index contributed by atoms with van der Waals surface area (Å²) in [5, 5.41) is 23.6. The monoisotopic (exact) mass is 1890 g/mol.